The Labute approximate surface area is 171 Å². The van der Waals surface area contributed by atoms with Crippen LogP contribution in [0.1, 0.15) is 11.1 Å². The van der Waals surface area contributed by atoms with Gasteiger partial charge in [0.25, 0.3) is 0 Å². The third-order valence-electron chi connectivity index (χ3n) is 4.50. The van der Waals surface area contributed by atoms with Crippen molar-refractivity contribution in [1.29, 1.82) is 0 Å². The maximum atomic E-state index is 6.06. The van der Waals surface area contributed by atoms with E-state index in [1.807, 2.05) is 36.4 Å². The van der Waals surface area contributed by atoms with E-state index >= 15 is 0 Å². The Hall–Kier alpha value is -3.29. The second kappa shape index (κ2) is 8.60. The first-order valence-corrected chi connectivity index (χ1v) is 9.61. The molecule has 0 aliphatic heterocycles. The van der Waals surface area contributed by atoms with E-state index < -0.39 is 0 Å². The number of benzene rings is 4. The molecule has 0 aromatic heterocycles. The summed E-state index contributed by atoms with van der Waals surface area (Å²) in [6.45, 7) is 0. The highest BCUT2D eigenvalue weighted by atomic mass is 35.5. The normalized spacial score (nSPS) is 10.9. The van der Waals surface area contributed by atoms with Gasteiger partial charge in [-0.05, 0) is 59.7 Å². The van der Waals surface area contributed by atoms with Crippen molar-refractivity contribution in [2.45, 2.75) is 0 Å². The Bertz CT molecular complexity index is 1010. The summed E-state index contributed by atoms with van der Waals surface area (Å²) < 4.78 is 0. The smallest absolute Gasteiger partial charge is 0.0462 e. The van der Waals surface area contributed by atoms with Crippen molar-refractivity contribution in [1.82, 2.24) is 0 Å². The number of nitrogens with zero attached hydrogens (tertiary/aromatic N) is 1. The second-order valence-electron chi connectivity index (χ2n) is 6.49. The molecular weight excluding hydrogens is 362 g/mol. The number of hydrogen-bond acceptors (Lipinski definition) is 1. The summed E-state index contributed by atoms with van der Waals surface area (Å²) in [6.07, 6.45) is 4.18. The molecule has 0 saturated heterocycles. The standard InChI is InChI=1S/C26H20ClN/c27-23-9-7-8-22(20-23)15-14-21-16-18-26(19-17-21)28(24-10-3-1-4-11-24)25-12-5-2-6-13-25/h1-20H. The number of para-hydroxylation sites is 2. The minimum atomic E-state index is 0.749. The number of rotatable bonds is 5. The SMILES string of the molecule is Clc1cccc(C=Cc2ccc(N(c3ccccc3)c3ccccc3)cc2)c1. The van der Waals surface area contributed by atoms with Crippen LogP contribution in [-0.4, -0.2) is 0 Å². The molecule has 1 nitrogen and oxygen atoms in total. The summed E-state index contributed by atoms with van der Waals surface area (Å²) in [5.41, 5.74) is 5.63. The molecule has 0 aliphatic carbocycles. The Morgan fingerprint density at radius 1 is 0.500 bits per heavy atom. The molecule has 0 spiro atoms. The minimum Gasteiger partial charge on any atom is -0.311 e. The van der Waals surface area contributed by atoms with Gasteiger partial charge in [-0.25, -0.2) is 0 Å². The topological polar surface area (TPSA) is 3.24 Å². The van der Waals surface area contributed by atoms with Gasteiger partial charge in [-0.1, -0.05) is 84.4 Å². The summed E-state index contributed by atoms with van der Waals surface area (Å²) >= 11 is 6.06. The van der Waals surface area contributed by atoms with Gasteiger partial charge in [-0.3, -0.25) is 0 Å². The van der Waals surface area contributed by atoms with Gasteiger partial charge in [0.05, 0.1) is 0 Å². The molecule has 4 rings (SSSR count). The molecule has 0 atom stereocenters. The van der Waals surface area contributed by atoms with Crippen molar-refractivity contribution >= 4 is 40.8 Å². The highest BCUT2D eigenvalue weighted by Gasteiger charge is 2.11. The molecule has 2 heteroatoms. The van der Waals surface area contributed by atoms with Crippen LogP contribution in [0.25, 0.3) is 12.2 Å². The Kier molecular flexibility index (Phi) is 5.56. The van der Waals surface area contributed by atoms with Gasteiger partial charge in [-0.2, -0.15) is 0 Å². The molecule has 4 aromatic carbocycles. The van der Waals surface area contributed by atoms with Gasteiger partial charge in [0.2, 0.25) is 0 Å². The third kappa shape index (κ3) is 4.33. The van der Waals surface area contributed by atoms with Crippen LogP contribution in [0, 0.1) is 0 Å². The molecule has 0 bridgehead atoms. The van der Waals surface area contributed by atoms with Crippen LogP contribution in [0.2, 0.25) is 5.02 Å². The molecule has 0 radical (unpaired) electrons. The number of anilines is 3. The monoisotopic (exact) mass is 381 g/mol. The molecule has 0 heterocycles. The predicted molar refractivity (Wildman–Crippen MR) is 122 cm³/mol. The third-order valence-corrected chi connectivity index (χ3v) is 4.73. The van der Waals surface area contributed by atoms with E-state index in [0.717, 1.165) is 33.2 Å². The molecule has 0 amide bonds. The van der Waals surface area contributed by atoms with E-state index in [1.54, 1.807) is 0 Å². The van der Waals surface area contributed by atoms with Gasteiger partial charge < -0.3 is 4.90 Å². The average Bonchev–Trinajstić information content (AvgIpc) is 2.75. The van der Waals surface area contributed by atoms with E-state index in [9.17, 15) is 0 Å². The van der Waals surface area contributed by atoms with E-state index in [-0.39, 0.29) is 0 Å². The van der Waals surface area contributed by atoms with Crippen LogP contribution in [0.5, 0.6) is 0 Å². The van der Waals surface area contributed by atoms with Crippen LogP contribution in [0.3, 0.4) is 0 Å². The van der Waals surface area contributed by atoms with E-state index in [4.69, 9.17) is 11.6 Å². The number of halogens is 1. The van der Waals surface area contributed by atoms with Crippen LogP contribution in [0.4, 0.5) is 17.1 Å². The molecule has 28 heavy (non-hydrogen) atoms. The van der Waals surface area contributed by atoms with Crippen LogP contribution in [-0.2, 0) is 0 Å². The lowest BCUT2D eigenvalue weighted by Crippen LogP contribution is -2.09. The molecule has 0 aliphatic rings. The van der Waals surface area contributed by atoms with Gasteiger partial charge >= 0.3 is 0 Å². The van der Waals surface area contributed by atoms with E-state index in [2.05, 4.69) is 89.8 Å². The Morgan fingerprint density at radius 3 is 1.61 bits per heavy atom. The van der Waals surface area contributed by atoms with Gasteiger partial charge in [0.15, 0.2) is 0 Å². The van der Waals surface area contributed by atoms with Crippen molar-refractivity contribution in [3.63, 3.8) is 0 Å². The van der Waals surface area contributed by atoms with Crippen molar-refractivity contribution in [2.75, 3.05) is 4.90 Å². The van der Waals surface area contributed by atoms with Gasteiger partial charge in [0.1, 0.15) is 0 Å². The van der Waals surface area contributed by atoms with Crippen molar-refractivity contribution in [2.24, 2.45) is 0 Å². The predicted octanol–water partition coefficient (Wildman–Crippen LogP) is 7.98. The minimum absolute atomic E-state index is 0.749. The molecule has 0 unspecified atom stereocenters. The lowest BCUT2D eigenvalue weighted by Gasteiger charge is -2.25. The second-order valence-corrected chi connectivity index (χ2v) is 6.92. The fraction of sp³-hybridized carbons (Fsp3) is 0. The quantitative estimate of drug-likeness (QED) is 0.317. The maximum absolute atomic E-state index is 6.06. The summed E-state index contributed by atoms with van der Waals surface area (Å²) in [7, 11) is 0. The fourth-order valence-electron chi connectivity index (χ4n) is 3.14. The first-order chi connectivity index (χ1) is 13.8. The zero-order valence-electron chi connectivity index (χ0n) is 15.4. The Balaban J connectivity index is 1.63. The summed E-state index contributed by atoms with van der Waals surface area (Å²) in [6, 6.07) is 37.2. The highest BCUT2D eigenvalue weighted by Crippen LogP contribution is 2.34. The first-order valence-electron chi connectivity index (χ1n) is 9.23. The zero-order valence-corrected chi connectivity index (χ0v) is 16.1. The van der Waals surface area contributed by atoms with Gasteiger partial charge in [-0.15, -0.1) is 0 Å². The summed E-state index contributed by atoms with van der Waals surface area (Å²) in [5, 5.41) is 0.749. The van der Waals surface area contributed by atoms with Crippen LogP contribution < -0.4 is 4.90 Å². The molecule has 4 aromatic rings. The van der Waals surface area contributed by atoms with Crippen LogP contribution in [0.15, 0.2) is 109 Å². The molecule has 0 N–H and O–H groups in total. The largest absolute Gasteiger partial charge is 0.311 e. The highest BCUT2D eigenvalue weighted by molar-refractivity contribution is 6.30. The first kappa shape index (κ1) is 18.1. The summed E-state index contributed by atoms with van der Waals surface area (Å²) in [4.78, 5) is 2.25. The molecular formula is C26H20ClN. The van der Waals surface area contributed by atoms with Crippen LogP contribution >= 0.6 is 11.6 Å². The molecule has 0 saturated carbocycles. The Morgan fingerprint density at radius 2 is 1.04 bits per heavy atom. The van der Waals surface area contributed by atoms with Gasteiger partial charge in [0, 0.05) is 22.1 Å². The molecule has 136 valence electrons. The fourth-order valence-corrected chi connectivity index (χ4v) is 3.34. The van der Waals surface area contributed by atoms with E-state index in [1.165, 1.54) is 0 Å². The lowest BCUT2D eigenvalue weighted by atomic mass is 10.1. The molecule has 0 fully saturated rings. The number of hydrogen-bond donors (Lipinski definition) is 0. The average molecular weight is 382 g/mol. The van der Waals surface area contributed by atoms with Crippen molar-refractivity contribution < 1.29 is 0 Å². The lowest BCUT2D eigenvalue weighted by molar-refractivity contribution is 1.28. The van der Waals surface area contributed by atoms with Crippen molar-refractivity contribution in [3.05, 3.63) is 125 Å². The maximum Gasteiger partial charge on any atom is 0.0462 e. The zero-order chi connectivity index (χ0) is 19.2. The van der Waals surface area contributed by atoms with E-state index in [0.29, 0.717) is 0 Å². The summed E-state index contributed by atoms with van der Waals surface area (Å²) in [5.74, 6) is 0. The van der Waals surface area contributed by atoms with Crippen molar-refractivity contribution in [3.8, 4) is 0 Å².